The molecule has 2 atom stereocenters. The number of likely N-dealkylation sites (N-methyl/N-ethyl adjacent to an activating group) is 1. The maximum atomic E-state index is 3.54. The van der Waals surface area contributed by atoms with E-state index in [0.29, 0.717) is 12.1 Å². The van der Waals surface area contributed by atoms with Crippen LogP contribution < -0.4 is 5.32 Å². The highest BCUT2D eigenvalue weighted by atomic mass is 32.1. The summed E-state index contributed by atoms with van der Waals surface area (Å²) in [5, 5.41) is 4.93. The molecule has 1 aromatic heterocycles. The molecule has 0 amide bonds. The van der Waals surface area contributed by atoms with Crippen LogP contribution in [0.5, 0.6) is 0 Å². The average Bonchev–Trinajstić information content (AvgIpc) is 2.93. The summed E-state index contributed by atoms with van der Waals surface area (Å²) in [4.78, 5) is 4.16. The minimum absolute atomic E-state index is 0.516. The fraction of sp³-hybridized carbons (Fsp3) is 0.529. The molecule has 1 aliphatic heterocycles. The molecule has 1 aliphatic rings. The summed E-state index contributed by atoms with van der Waals surface area (Å²) in [7, 11) is 0. The molecule has 0 bridgehead atoms. The summed E-state index contributed by atoms with van der Waals surface area (Å²) in [6, 6.07) is 12.3. The van der Waals surface area contributed by atoms with Crippen LogP contribution in [0.1, 0.15) is 37.6 Å². The first kappa shape index (κ1) is 14.1. The summed E-state index contributed by atoms with van der Waals surface area (Å²) < 4.78 is 1.41. The number of benzene rings is 1. The largest absolute Gasteiger partial charge is 0.315 e. The van der Waals surface area contributed by atoms with Crippen molar-refractivity contribution in [2.24, 2.45) is 0 Å². The molecule has 2 heterocycles. The van der Waals surface area contributed by atoms with Gasteiger partial charge in [-0.25, -0.2) is 0 Å². The van der Waals surface area contributed by atoms with Crippen molar-refractivity contribution in [3.8, 4) is 0 Å². The van der Waals surface area contributed by atoms with Crippen LogP contribution in [0.4, 0.5) is 0 Å². The van der Waals surface area contributed by atoms with Crippen molar-refractivity contribution in [1.82, 2.24) is 10.2 Å². The van der Waals surface area contributed by atoms with Gasteiger partial charge in [0.2, 0.25) is 0 Å². The predicted molar refractivity (Wildman–Crippen MR) is 88.5 cm³/mol. The Kier molecular flexibility index (Phi) is 4.39. The zero-order chi connectivity index (χ0) is 13.9. The van der Waals surface area contributed by atoms with Gasteiger partial charge in [-0.1, -0.05) is 25.1 Å². The van der Waals surface area contributed by atoms with Crippen molar-refractivity contribution in [3.63, 3.8) is 0 Å². The zero-order valence-electron chi connectivity index (χ0n) is 12.4. The predicted octanol–water partition coefficient (Wildman–Crippen LogP) is 4.04. The van der Waals surface area contributed by atoms with Gasteiger partial charge in [0.25, 0.3) is 0 Å². The normalized spacial score (nSPS) is 21.4. The first-order valence-electron chi connectivity index (χ1n) is 7.74. The number of nitrogens with zero attached hydrogens (tertiary/aromatic N) is 1. The lowest BCUT2D eigenvalue weighted by atomic mass is 10.0. The third kappa shape index (κ3) is 2.76. The molecule has 0 saturated carbocycles. The summed E-state index contributed by atoms with van der Waals surface area (Å²) in [5.74, 6) is 0. The molecule has 1 aromatic carbocycles. The molecule has 1 N–H and O–H groups in total. The Labute approximate surface area is 125 Å². The van der Waals surface area contributed by atoms with Gasteiger partial charge >= 0.3 is 0 Å². The molecule has 2 nitrogen and oxygen atoms in total. The van der Waals surface area contributed by atoms with Crippen LogP contribution >= 0.6 is 11.3 Å². The van der Waals surface area contributed by atoms with Gasteiger partial charge in [0.1, 0.15) is 0 Å². The number of fused-ring (bicyclic) bond motifs is 1. The Morgan fingerprint density at radius 2 is 2.25 bits per heavy atom. The van der Waals surface area contributed by atoms with Gasteiger partial charge < -0.3 is 5.32 Å². The summed E-state index contributed by atoms with van der Waals surface area (Å²) in [6.45, 7) is 8.11. The second-order valence-corrected chi connectivity index (χ2v) is 6.81. The molecule has 0 spiro atoms. The van der Waals surface area contributed by atoms with Gasteiger partial charge in [-0.3, -0.25) is 4.90 Å². The summed E-state index contributed by atoms with van der Waals surface area (Å²) >= 11 is 1.95. The fourth-order valence-electron chi connectivity index (χ4n) is 3.34. The quantitative estimate of drug-likeness (QED) is 0.913. The van der Waals surface area contributed by atoms with Crippen LogP contribution in [0.25, 0.3) is 10.1 Å². The van der Waals surface area contributed by atoms with E-state index in [1.54, 1.807) is 0 Å². The van der Waals surface area contributed by atoms with Crippen molar-refractivity contribution >= 4 is 21.4 Å². The van der Waals surface area contributed by atoms with Crippen LogP contribution in [0.3, 0.4) is 0 Å². The first-order valence-corrected chi connectivity index (χ1v) is 8.56. The second-order valence-electron chi connectivity index (χ2n) is 5.69. The number of piperidine rings is 1. The molecule has 3 heteroatoms. The number of thiophene rings is 1. The monoisotopic (exact) mass is 288 g/mol. The van der Waals surface area contributed by atoms with E-state index < -0.39 is 0 Å². The lowest BCUT2D eigenvalue weighted by molar-refractivity contribution is 0.130. The molecule has 1 saturated heterocycles. The van der Waals surface area contributed by atoms with Gasteiger partial charge in [-0.05, 0) is 50.4 Å². The SMILES string of the molecule is CCN(C1CCCNC1)C(C)c1cc2ccccc2s1. The number of nitrogens with one attached hydrogen (secondary N) is 1. The number of hydrogen-bond acceptors (Lipinski definition) is 3. The first-order chi connectivity index (χ1) is 9.79. The van der Waals surface area contributed by atoms with E-state index in [-0.39, 0.29) is 0 Å². The molecule has 0 aliphatic carbocycles. The van der Waals surface area contributed by atoms with E-state index in [0.717, 1.165) is 13.1 Å². The second kappa shape index (κ2) is 6.25. The van der Waals surface area contributed by atoms with Gasteiger partial charge in [-0.2, -0.15) is 0 Å². The molecule has 2 aromatic rings. The van der Waals surface area contributed by atoms with Gasteiger partial charge in [0.05, 0.1) is 0 Å². The van der Waals surface area contributed by atoms with E-state index >= 15 is 0 Å². The average molecular weight is 288 g/mol. The van der Waals surface area contributed by atoms with E-state index in [4.69, 9.17) is 0 Å². The van der Waals surface area contributed by atoms with Crippen molar-refractivity contribution in [2.75, 3.05) is 19.6 Å². The molecule has 0 radical (unpaired) electrons. The highest BCUT2D eigenvalue weighted by Crippen LogP contribution is 2.34. The molecule has 2 unspecified atom stereocenters. The molecular weight excluding hydrogens is 264 g/mol. The van der Waals surface area contributed by atoms with Crippen molar-refractivity contribution in [3.05, 3.63) is 35.2 Å². The highest BCUT2D eigenvalue weighted by molar-refractivity contribution is 7.19. The van der Waals surface area contributed by atoms with Gasteiger partial charge in [0, 0.05) is 28.2 Å². The Balaban J connectivity index is 1.83. The Bertz CT molecular complexity index is 524. The minimum Gasteiger partial charge on any atom is -0.315 e. The maximum Gasteiger partial charge on any atom is 0.0417 e. The van der Waals surface area contributed by atoms with Gasteiger partial charge in [0.15, 0.2) is 0 Å². The molecule has 108 valence electrons. The Morgan fingerprint density at radius 1 is 1.40 bits per heavy atom. The van der Waals surface area contributed by atoms with Crippen LogP contribution in [0, 0.1) is 0 Å². The van der Waals surface area contributed by atoms with Crippen LogP contribution in [-0.4, -0.2) is 30.6 Å². The lowest BCUT2D eigenvalue weighted by Gasteiger charge is -2.37. The van der Waals surface area contributed by atoms with Gasteiger partial charge in [-0.15, -0.1) is 11.3 Å². The topological polar surface area (TPSA) is 15.3 Å². The molecular formula is C17H24N2S. The molecule has 1 fully saturated rings. The summed E-state index contributed by atoms with van der Waals surface area (Å²) in [6.07, 6.45) is 2.64. The third-order valence-corrected chi connectivity index (χ3v) is 5.75. The van der Waals surface area contributed by atoms with Crippen molar-refractivity contribution in [1.29, 1.82) is 0 Å². The smallest absolute Gasteiger partial charge is 0.0417 e. The number of rotatable bonds is 4. The summed E-state index contributed by atoms with van der Waals surface area (Å²) in [5.41, 5.74) is 0. The minimum atomic E-state index is 0.516. The zero-order valence-corrected chi connectivity index (χ0v) is 13.2. The number of hydrogen-bond donors (Lipinski definition) is 1. The van der Waals surface area contributed by atoms with E-state index in [9.17, 15) is 0 Å². The highest BCUT2D eigenvalue weighted by Gasteiger charge is 2.25. The van der Waals surface area contributed by atoms with Crippen molar-refractivity contribution in [2.45, 2.75) is 38.8 Å². The molecule has 3 rings (SSSR count). The van der Waals surface area contributed by atoms with E-state index in [1.165, 1.54) is 34.3 Å². The van der Waals surface area contributed by atoms with Crippen LogP contribution in [0.15, 0.2) is 30.3 Å². The molecule has 20 heavy (non-hydrogen) atoms. The lowest BCUT2D eigenvalue weighted by Crippen LogP contribution is -2.46. The van der Waals surface area contributed by atoms with Crippen molar-refractivity contribution < 1.29 is 0 Å². The Morgan fingerprint density at radius 3 is 2.95 bits per heavy atom. The van der Waals surface area contributed by atoms with Crippen LogP contribution in [-0.2, 0) is 0 Å². The standard InChI is InChI=1S/C17H24N2S/c1-3-19(15-8-6-10-18-12-15)13(2)17-11-14-7-4-5-9-16(14)20-17/h4-5,7,9,11,13,15,18H,3,6,8,10,12H2,1-2H3. The fourth-order valence-corrected chi connectivity index (χ4v) is 4.47. The van der Waals surface area contributed by atoms with Crippen LogP contribution in [0.2, 0.25) is 0 Å². The van der Waals surface area contributed by atoms with E-state index in [1.807, 2.05) is 11.3 Å². The Hall–Kier alpha value is -0.900. The third-order valence-electron chi connectivity index (χ3n) is 4.46. The van der Waals surface area contributed by atoms with E-state index in [2.05, 4.69) is 54.4 Å². The maximum absolute atomic E-state index is 3.54.